The normalized spacial score (nSPS) is 13.3. The average Bonchev–Trinajstić information content (AvgIpc) is 2.94. The number of fused-ring (bicyclic) bond motifs is 1. The van der Waals surface area contributed by atoms with Gasteiger partial charge in [0.15, 0.2) is 17.5 Å². The van der Waals surface area contributed by atoms with Gasteiger partial charge < -0.3 is 24.8 Å². The predicted molar refractivity (Wildman–Crippen MR) is 122 cm³/mol. The molecule has 0 saturated carbocycles. The lowest BCUT2D eigenvalue weighted by atomic mass is 10.1. The molecule has 1 aliphatic heterocycles. The van der Waals surface area contributed by atoms with Crippen molar-refractivity contribution in [3.05, 3.63) is 53.1 Å². The quantitative estimate of drug-likeness (QED) is 0.331. The summed E-state index contributed by atoms with van der Waals surface area (Å²) < 4.78 is 41.2. The van der Waals surface area contributed by atoms with E-state index in [1.54, 1.807) is 19.2 Å². The molecule has 0 atom stereocenters. The maximum absolute atomic E-state index is 12.6. The van der Waals surface area contributed by atoms with E-state index in [4.69, 9.17) is 9.47 Å². The van der Waals surface area contributed by atoms with Crippen LogP contribution >= 0.6 is 24.0 Å². The van der Waals surface area contributed by atoms with E-state index >= 15 is 0 Å². The van der Waals surface area contributed by atoms with Crippen molar-refractivity contribution in [2.24, 2.45) is 4.99 Å². The molecule has 1 heterocycles. The van der Waals surface area contributed by atoms with E-state index in [1.165, 1.54) is 0 Å². The molecule has 0 spiro atoms. The summed E-state index contributed by atoms with van der Waals surface area (Å²) in [7, 11) is 1.65. The monoisotopic (exact) mass is 533 g/mol. The Labute approximate surface area is 192 Å². The molecule has 164 valence electrons. The fourth-order valence-corrected chi connectivity index (χ4v) is 2.96. The average molecular weight is 533 g/mol. The molecule has 9 heteroatoms. The third kappa shape index (κ3) is 6.89. The number of alkyl halides is 2. The zero-order chi connectivity index (χ0) is 20.6. The van der Waals surface area contributed by atoms with Gasteiger partial charge in [0.2, 0.25) is 0 Å². The highest BCUT2D eigenvalue weighted by Gasteiger charge is 2.12. The van der Waals surface area contributed by atoms with Crippen LogP contribution in [0.5, 0.6) is 17.2 Å². The number of ether oxygens (including phenoxy) is 3. The van der Waals surface area contributed by atoms with Crippen molar-refractivity contribution in [2.75, 3.05) is 20.3 Å². The Morgan fingerprint density at radius 3 is 2.53 bits per heavy atom. The second kappa shape index (κ2) is 11.8. The highest BCUT2D eigenvalue weighted by atomic mass is 127. The zero-order valence-corrected chi connectivity index (χ0v) is 19.2. The van der Waals surface area contributed by atoms with Crippen LogP contribution in [0, 0.1) is 6.92 Å². The molecule has 30 heavy (non-hydrogen) atoms. The Kier molecular flexibility index (Phi) is 9.41. The predicted octanol–water partition coefficient (Wildman–Crippen LogP) is 4.24. The van der Waals surface area contributed by atoms with E-state index < -0.39 is 6.61 Å². The summed E-state index contributed by atoms with van der Waals surface area (Å²) in [6.07, 6.45) is 0.856. The van der Waals surface area contributed by atoms with Crippen molar-refractivity contribution in [1.29, 1.82) is 0 Å². The highest BCUT2D eigenvalue weighted by Crippen LogP contribution is 2.30. The van der Waals surface area contributed by atoms with Crippen LogP contribution in [-0.4, -0.2) is 32.8 Å². The van der Waals surface area contributed by atoms with E-state index in [0.29, 0.717) is 37.8 Å². The number of nitrogens with zero attached hydrogens (tertiary/aromatic N) is 1. The summed E-state index contributed by atoms with van der Waals surface area (Å²) in [5, 5.41) is 6.33. The van der Waals surface area contributed by atoms with Crippen molar-refractivity contribution < 1.29 is 23.0 Å². The maximum Gasteiger partial charge on any atom is 0.387 e. The van der Waals surface area contributed by atoms with E-state index in [9.17, 15) is 8.78 Å². The largest absolute Gasteiger partial charge is 0.490 e. The summed E-state index contributed by atoms with van der Waals surface area (Å²) >= 11 is 0. The summed E-state index contributed by atoms with van der Waals surface area (Å²) in [6, 6.07) is 10.9. The lowest BCUT2D eigenvalue weighted by molar-refractivity contribution is -0.0504. The molecular formula is C21H26F2IN3O3. The summed E-state index contributed by atoms with van der Waals surface area (Å²) in [5.74, 6) is 2.18. The van der Waals surface area contributed by atoms with Crippen molar-refractivity contribution in [2.45, 2.75) is 33.0 Å². The number of aliphatic imine (C=N–C) groups is 1. The molecule has 0 radical (unpaired) electrons. The standard InChI is InChI=1S/C21H25F2N3O3.HI/c1-14-4-6-17(29-20(22)23)16(10-14)13-26-21(24-2)25-12-15-5-7-18-19(11-15)28-9-3-8-27-18;/h4-7,10-11,20H,3,8-9,12-13H2,1-2H3,(H2,24,25,26);1H. The number of halogens is 3. The second-order valence-electron chi connectivity index (χ2n) is 6.60. The Morgan fingerprint density at radius 1 is 1.07 bits per heavy atom. The molecule has 0 bridgehead atoms. The number of benzene rings is 2. The van der Waals surface area contributed by atoms with Crippen molar-refractivity contribution >= 4 is 29.9 Å². The lowest BCUT2D eigenvalue weighted by Crippen LogP contribution is -2.36. The van der Waals surface area contributed by atoms with Crippen LogP contribution < -0.4 is 24.8 Å². The molecule has 6 nitrogen and oxygen atoms in total. The minimum absolute atomic E-state index is 0. The van der Waals surface area contributed by atoms with Crippen molar-refractivity contribution in [3.63, 3.8) is 0 Å². The van der Waals surface area contributed by atoms with Gasteiger partial charge in [0, 0.05) is 32.1 Å². The van der Waals surface area contributed by atoms with Gasteiger partial charge in [-0.05, 0) is 30.7 Å². The molecule has 0 unspecified atom stereocenters. The molecular weight excluding hydrogens is 507 g/mol. The molecule has 1 aliphatic rings. The molecule has 2 aromatic carbocycles. The van der Waals surface area contributed by atoms with E-state index in [2.05, 4.69) is 20.4 Å². The number of hydrogen-bond donors (Lipinski definition) is 2. The summed E-state index contributed by atoms with van der Waals surface area (Å²) in [6.45, 7) is 1.12. The van der Waals surface area contributed by atoms with Crippen LogP contribution in [-0.2, 0) is 13.1 Å². The summed E-state index contributed by atoms with van der Waals surface area (Å²) in [4.78, 5) is 4.18. The Hall–Kier alpha value is -2.30. The molecule has 0 saturated heterocycles. The molecule has 2 aromatic rings. The van der Waals surface area contributed by atoms with E-state index in [1.807, 2.05) is 31.2 Å². The minimum atomic E-state index is -2.87. The smallest absolute Gasteiger partial charge is 0.387 e. The Morgan fingerprint density at radius 2 is 1.80 bits per heavy atom. The van der Waals surface area contributed by atoms with Gasteiger partial charge in [0.1, 0.15) is 5.75 Å². The Bertz CT molecular complexity index is 865. The van der Waals surface area contributed by atoms with E-state index in [-0.39, 0.29) is 29.7 Å². The molecule has 0 aromatic heterocycles. The van der Waals surface area contributed by atoms with Gasteiger partial charge in [-0.1, -0.05) is 23.8 Å². The number of rotatable bonds is 6. The topological polar surface area (TPSA) is 64.1 Å². The highest BCUT2D eigenvalue weighted by molar-refractivity contribution is 14.0. The van der Waals surface area contributed by atoms with Crippen molar-refractivity contribution in [1.82, 2.24) is 10.6 Å². The first-order chi connectivity index (χ1) is 14.0. The molecule has 0 aliphatic carbocycles. The van der Waals surface area contributed by atoms with Gasteiger partial charge in [-0.15, -0.1) is 24.0 Å². The van der Waals surface area contributed by atoms with Gasteiger partial charge >= 0.3 is 6.61 Å². The van der Waals surface area contributed by atoms with Gasteiger partial charge in [-0.2, -0.15) is 8.78 Å². The first kappa shape index (κ1) is 24.0. The first-order valence-corrected chi connectivity index (χ1v) is 9.42. The fourth-order valence-electron chi connectivity index (χ4n) is 2.96. The van der Waals surface area contributed by atoms with Gasteiger partial charge in [-0.25, -0.2) is 0 Å². The number of aryl methyl sites for hydroxylation is 1. The number of guanidine groups is 1. The molecule has 0 fully saturated rings. The second-order valence-corrected chi connectivity index (χ2v) is 6.60. The van der Waals surface area contributed by atoms with Crippen LogP contribution in [0.4, 0.5) is 8.78 Å². The minimum Gasteiger partial charge on any atom is -0.490 e. The number of nitrogens with one attached hydrogen (secondary N) is 2. The summed E-state index contributed by atoms with van der Waals surface area (Å²) in [5.41, 5.74) is 2.59. The van der Waals surface area contributed by atoms with Gasteiger partial charge in [0.25, 0.3) is 0 Å². The van der Waals surface area contributed by atoms with E-state index in [0.717, 1.165) is 29.0 Å². The zero-order valence-electron chi connectivity index (χ0n) is 16.9. The van der Waals surface area contributed by atoms with Gasteiger partial charge in [-0.3, -0.25) is 4.99 Å². The SMILES string of the molecule is CN=C(NCc1ccc2c(c1)OCCCO2)NCc1cc(C)ccc1OC(F)F.I. The van der Waals surface area contributed by atoms with Crippen LogP contribution in [0.3, 0.4) is 0 Å². The van der Waals surface area contributed by atoms with Crippen molar-refractivity contribution in [3.8, 4) is 17.2 Å². The number of hydrogen-bond acceptors (Lipinski definition) is 4. The lowest BCUT2D eigenvalue weighted by Gasteiger charge is -2.16. The first-order valence-electron chi connectivity index (χ1n) is 9.42. The van der Waals surface area contributed by atoms with Crippen LogP contribution in [0.25, 0.3) is 0 Å². The van der Waals surface area contributed by atoms with Crippen LogP contribution in [0.2, 0.25) is 0 Å². The van der Waals surface area contributed by atoms with Crippen LogP contribution in [0.15, 0.2) is 41.4 Å². The fraction of sp³-hybridized carbons (Fsp3) is 0.381. The third-order valence-corrected chi connectivity index (χ3v) is 4.37. The molecule has 0 amide bonds. The molecule has 2 N–H and O–H groups in total. The Balaban J connectivity index is 0.00000320. The molecule has 3 rings (SSSR count). The third-order valence-electron chi connectivity index (χ3n) is 4.37. The van der Waals surface area contributed by atoms with Gasteiger partial charge in [0.05, 0.1) is 13.2 Å². The van der Waals surface area contributed by atoms with Crippen LogP contribution in [0.1, 0.15) is 23.1 Å². The maximum atomic E-state index is 12.6.